The lowest BCUT2D eigenvalue weighted by Crippen LogP contribution is -2.19. The lowest BCUT2D eigenvalue weighted by molar-refractivity contribution is -0.206. The standard InChI is InChI=1S/C13H10ClF4NO/c14-10-3-1-2-8(11(10)15)6-19-5-4-9(7-19)12(20)13(16,17)18/h1-5,7,12,20H,6H2. The van der Waals surface area contributed by atoms with Crippen LogP contribution < -0.4 is 0 Å². The number of nitrogens with zero attached hydrogens (tertiary/aromatic N) is 1. The molecule has 1 heterocycles. The van der Waals surface area contributed by atoms with E-state index in [9.17, 15) is 17.6 Å². The second-order valence-corrected chi connectivity index (χ2v) is 4.68. The second-order valence-electron chi connectivity index (χ2n) is 4.27. The molecule has 0 aliphatic rings. The Morgan fingerprint density at radius 2 is 1.95 bits per heavy atom. The largest absolute Gasteiger partial charge is 0.418 e. The van der Waals surface area contributed by atoms with Crippen molar-refractivity contribution in [3.05, 3.63) is 58.6 Å². The second kappa shape index (κ2) is 5.46. The molecule has 0 fully saturated rings. The van der Waals surface area contributed by atoms with Crippen LogP contribution in [0.15, 0.2) is 36.7 Å². The predicted octanol–water partition coefficient (Wildman–Crippen LogP) is 3.92. The molecule has 0 radical (unpaired) electrons. The van der Waals surface area contributed by atoms with E-state index in [0.717, 1.165) is 12.3 Å². The predicted molar refractivity (Wildman–Crippen MR) is 66.0 cm³/mol. The van der Waals surface area contributed by atoms with E-state index in [1.807, 2.05) is 0 Å². The molecule has 0 bridgehead atoms. The van der Waals surface area contributed by atoms with Gasteiger partial charge in [-0.05, 0) is 12.1 Å². The molecule has 1 atom stereocenters. The third kappa shape index (κ3) is 3.13. The minimum atomic E-state index is -4.73. The van der Waals surface area contributed by atoms with Gasteiger partial charge in [0.25, 0.3) is 0 Å². The molecule has 1 aromatic carbocycles. The Kier molecular flexibility index (Phi) is 4.06. The van der Waals surface area contributed by atoms with Gasteiger partial charge >= 0.3 is 6.18 Å². The molecule has 0 aliphatic heterocycles. The van der Waals surface area contributed by atoms with Crippen molar-refractivity contribution in [1.29, 1.82) is 0 Å². The van der Waals surface area contributed by atoms with Crippen molar-refractivity contribution in [2.45, 2.75) is 18.8 Å². The Balaban J connectivity index is 2.20. The molecule has 108 valence electrons. The molecule has 7 heteroatoms. The number of halogens is 5. The van der Waals surface area contributed by atoms with Gasteiger partial charge in [-0.3, -0.25) is 0 Å². The van der Waals surface area contributed by atoms with Gasteiger partial charge in [0.15, 0.2) is 6.10 Å². The number of aliphatic hydroxyl groups excluding tert-OH is 1. The van der Waals surface area contributed by atoms with Gasteiger partial charge in [0.1, 0.15) is 5.82 Å². The Bertz CT molecular complexity index is 609. The van der Waals surface area contributed by atoms with Crippen LogP contribution in [0.4, 0.5) is 17.6 Å². The third-order valence-electron chi connectivity index (χ3n) is 2.78. The highest BCUT2D eigenvalue weighted by atomic mass is 35.5. The highest BCUT2D eigenvalue weighted by molar-refractivity contribution is 6.30. The molecule has 1 aromatic heterocycles. The number of benzene rings is 1. The van der Waals surface area contributed by atoms with Crippen molar-refractivity contribution in [2.24, 2.45) is 0 Å². The van der Waals surface area contributed by atoms with E-state index in [4.69, 9.17) is 16.7 Å². The lowest BCUT2D eigenvalue weighted by Gasteiger charge is -2.12. The fraction of sp³-hybridized carbons (Fsp3) is 0.231. The molecular weight excluding hydrogens is 298 g/mol. The first-order valence-corrected chi connectivity index (χ1v) is 6.00. The highest BCUT2D eigenvalue weighted by Gasteiger charge is 2.39. The smallest absolute Gasteiger partial charge is 0.379 e. The zero-order valence-electron chi connectivity index (χ0n) is 10.0. The van der Waals surface area contributed by atoms with Gasteiger partial charge in [0.2, 0.25) is 0 Å². The number of aliphatic hydroxyl groups is 1. The quantitative estimate of drug-likeness (QED) is 0.854. The number of hydrogen-bond donors (Lipinski definition) is 1. The molecular formula is C13H10ClF4NO. The van der Waals surface area contributed by atoms with Crippen LogP contribution in [0, 0.1) is 5.82 Å². The van der Waals surface area contributed by atoms with E-state index >= 15 is 0 Å². The maximum absolute atomic E-state index is 13.7. The minimum Gasteiger partial charge on any atom is -0.379 e. The summed E-state index contributed by atoms with van der Waals surface area (Å²) in [7, 11) is 0. The van der Waals surface area contributed by atoms with Crippen molar-refractivity contribution >= 4 is 11.6 Å². The van der Waals surface area contributed by atoms with Crippen LogP contribution in [0.1, 0.15) is 17.2 Å². The van der Waals surface area contributed by atoms with Gasteiger partial charge in [-0.2, -0.15) is 13.2 Å². The highest BCUT2D eigenvalue weighted by Crippen LogP contribution is 2.32. The van der Waals surface area contributed by atoms with Crippen LogP contribution >= 0.6 is 11.6 Å². The summed E-state index contributed by atoms with van der Waals surface area (Å²) in [5, 5.41) is 9.05. The average molecular weight is 308 g/mol. The van der Waals surface area contributed by atoms with Gasteiger partial charge in [-0.1, -0.05) is 23.7 Å². The SMILES string of the molecule is OC(c1ccn(Cc2cccc(Cl)c2F)c1)C(F)(F)F. The zero-order valence-corrected chi connectivity index (χ0v) is 10.8. The average Bonchev–Trinajstić information content (AvgIpc) is 2.81. The summed E-state index contributed by atoms with van der Waals surface area (Å²) in [5.41, 5.74) is -0.0407. The van der Waals surface area contributed by atoms with Crippen LogP contribution in [0.2, 0.25) is 5.02 Å². The third-order valence-corrected chi connectivity index (χ3v) is 3.08. The molecule has 2 rings (SSSR count). The van der Waals surface area contributed by atoms with Gasteiger partial charge in [0.05, 0.1) is 5.02 Å². The van der Waals surface area contributed by atoms with E-state index in [0.29, 0.717) is 0 Å². The van der Waals surface area contributed by atoms with Crippen LogP contribution in [0.5, 0.6) is 0 Å². The van der Waals surface area contributed by atoms with E-state index in [-0.39, 0.29) is 22.7 Å². The number of aromatic nitrogens is 1. The molecule has 2 aromatic rings. The van der Waals surface area contributed by atoms with Gasteiger partial charge < -0.3 is 9.67 Å². The summed E-state index contributed by atoms with van der Waals surface area (Å²) in [5.74, 6) is -0.610. The number of alkyl halides is 3. The van der Waals surface area contributed by atoms with Crippen LogP contribution in [0.3, 0.4) is 0 Å². The summed E-state index contributed by atoms with van der Waals surface area (Å²) >= 11 is 5.62. The van der Waals surface area contributed by atoms with Crippen molar-refractivity contribution in [1.82, 2.24) is 4.57 Å². The number of hydrogen-bond acceptors (Lipinski definition) is 1. The summed E-state index contributed by atoms with van der Waals surface area (Å²) < 4.78 is 52.1. The fourth-order valence-electron chi connectivity index (χ4n) is 1.78. The molecule has 1 unspecified atom stereocenters. The number of rotatable bonds is 3. The first-order valence-electron chi connectivity index (χ1n) is 5.62. The summed E-state index contributed by atoms with van der Waals surface area (Å²) in [6.07, 6.45) is -4.82. The van der Waals surface area contributed by atoms with Crippen LogP contribution in [-0.2, 0) is 6.54 Å². The van der Waals surface area contributed by atoms with Gasteiger partial charge in [0, 0.05) is 30.1 Å². The van der Waals surface area contributed by atoms with E-state index in [2.05, 4.69) is 0 Å². The van der Waals surface area contributed by atoms with Crippen LogP contribution in [0.25, 0.3) is 0 Å². The van der Waals surface area contributed by atoms with Crippen LogP contribution in [-0.4, -0.2) is 15.8 Å². The summed E-state index contributed by atoms with van der Waals surface area (Å²) in [4.78, 5) is 0. The zero-order chi connectivity index (χ0) is 14.9. The van der Waals surface area contributed by atoms with Crippen molar-refractivity contribution < 1.29 is 22.7 Å². The Labute approximate surface area is 117 Å². The molecule has 0 spiro atoms. The van der Waals surface area contributed by atoms with Crippen molar-refractivity contribution in [3.8, 4) is 0 Å². The topological polar surface area (TPSA) is 25.2 Å². The Morgan fingerprint density at radius 1 is 1.25 bits per heavy atom. The van der Waals surface area contributed by atoms with Gasteiger partial charge in [-0.15, -0.1) is 0 Å². The molecule has 0 saturated carbocycles. The van der Waals surface area contributed by atoms with Crippen molar-refractivity contribution in [3.63, 3.8) is 0 Å². The maximum Gasteiger partial charge on any atom is 0.418 e. The van der Waals surface area contributed by atoms with Gasteiger partial charge in [-0.25, -0.2) is 4.39 Å². The Hall–Kier alpha value is -1.53. The van der Waals surface area contributed by atoms with Crippen molar-refractivity contribution in [2.75, 3.05) is 0 Å². The van der Waals surface area contributed by atoms with E-state index in [1.54, 1.807) is 6.07 Å². The summed E-state index contributed by atoms with van der Waals surface area (Å²) in [6.45, 7) is 0.0248. The minimum absolute atomic E-state index is 0.0248. The molecule has 2 nitrogen and oxygen atoms in total. The Morgan fingerprint density at radius 3 is 2.60 bits per heavy atom. The normalized spacial score (nSPS) is 13.5. The lowest BCUT2D eigenvalue weighted by atomic mass is 10.2. The first-order chi connectivity index (χ1) is 9.29. The maximum atomic E-state index is 13.7. The van der Waals surface area contributed by atoms with E-state index < -0.39 is 18.1 Å². The molecule has 1 N–H and O–H groups in total. The molecule has 0 amide bonds. The molecule has 0 saturated heterocycles. The molecule has 20 heavy (non-hydrogen) atoms. The monoisotopic (exact) mass is 307 g/mol. The summed E-state index contributed by atoms with van der Waals surface area (Å²) in [6, 6.07) is 5.56. The first kappa shape index (κ1) is 14.9. The van der Waals surface area contributed by atoms with E-state index in [1.165, 1.54) is 22.9 Å². The molecule has 0 aliphatic carbocycles. The fourth-order valence-corrected chi connectivity index (χ4v) is 1.97.